The van der Waals surface area contributed by atoms with Gasteiger partial charge in [0.15, 0.2) is 12.0 Å². The number of carbonyl (C=O) groups excluding carboxylic acids is 1. The highest BCUT2D eigenvalue weighted by molar-refractivity contribution is 6.32. The molecule has 0 unspecified atom stereocenters. The van der Waals surface area contributed by atoms with Gasteiger partial charge >= 0.3 is 0 Å². The Morgan fingerprint density at radius 2 is 1.89 bits per heavy atom. The Labute approximate surface area is 109 Å². The fourth-order valence-electron chi connectivity index (χ4n) is 1.61. The first kappa shape index (κ1) is 12.5. The van der Waals surface area contributed by atoms with Crippen LogP contribution in [0.25, 0.3) is 11.3 Å². The van der Waals surface area contributed by atoms with Crippen LogP contribution in [-0.2, 0) is 0 Å². The normalized spacial score (nSPS) is 10.2. The molecule has 18 heavy (non-hydrogen) atoms. The lowest BCUT2D eigenvalue weighted by atomic mass is 10.1. The van der Waals surface area contributed by atoms with Gasteiger partial charge in [-0.2, -0.15) is 0 Å². The molecule has 4 nitrogen and oxygen atoms in total. The van der Waals surface area contributed by atoms with E-state index in [2.05, 4.69) is 0 Å². The molecule has 0 atom stereocenters. The maximum absolute atomic E-state index is 10.6. The zero-order valence-electron chi connectivity index (χ0n) is 9.90. The lowest BCUT2D eigenvalue weighted by Gasteiger charge is -2.10. The standard InChI is InChI=1S/C13H11ClO4/c1-16-12-6-13(17-2)10(14)5-9(12)11-4-3-8(7-15)18-11/h3-7H,1-2H3. The minimum absolute atomic E-state index is 0.249. The minimum atomic E-state index is 0.249. The zero-order chi connectivity index (χ0) is 13.1. The Morgan fingerprint density at radius 1 is 1.17 bits per heavy atom. The van der Waals surface area contributed by atoms with Crippen molar-refractivity contribution in [3.8, 4) is 22.8 Å². The first-order valence-electron chi connectivity index (χ1n) is 5.16. The number of ether oxygens (including phenoxy) is 2. The summed E-state index contributed by atoms with van der Waals surface area (Å²) < 4.78 is 15.7. The number of aldehydes is 1. The summed E-state index contributed by atoms with van der Waals surface area (Å²) in [6.45, 7) is 0. The van der Waals surface area contributed by atoms with Gasteiger partial charge in [-0.15, -0.1) is 0 Å². The molecule has 0 aliphatic rings. The summed E-state index contributed by atoms with van der Waals surface area (Å²) in [5.74, 6) is 1.83. The third kappa shape index (κ3) is 2.19. The molecule has 94 valence electrons. The highest BCUT2D eigenvalue weighted by Gasteiger charge is 2.14. The minimum Gasteiger partial charge on any atom is -0.496 e. The van der Waals surface area contributed by atoms with E-state index in [1.165, 1.54) is 14.2 Å². The Hall–Kier alpha value is -1.94. The highest BCUT2D eigenvalue weighted by atomic mass is 35.5. The molecule has 0 saturated carbocycles. The van der Waals surface area contributed by atoms with Crippen molar-refractivity contribution in [3.63, 3.8) is 0 Å². The van der Waals surface area contributed by atoms with Gasteiger partial charge in [-0.1, -0.05) is 11.6 Å². The predicted octanol–water partition coefficient (Wildman–Crippen LogP) is 3.43. The van der Waals surface area contributed by atoms with Crippen molar-refractivity contribution in [2.75, 3.05) is 14.2 Å². The Bertz CT molecular complexity index is 574. The van der Waals surface area contributed by atoms with Gasteiger partial charge in [0.2, 0.25) is 0 Å². The summed E-state index contributed by atoms with van der Waals surface area (Å²) in [4.78, 5) is 10.6. The average molecular weight is 267 g/mol. The van der Waals surface area contributed by atoms with Gasteiger partial charge in [0, 0.05) is 6.07 Å². The molecular formula is C13H11ClO4. The van der Waals surface area contributed by atoms with Crippen LogP contribution in [0, 0.1) is 0 Å². The van der Waals surface area contributed by atoms with E-state index in [0.717, 1.165) is 0 Å². The van der Waals surface area contributed by atoms with Gasteiger partial charge in [-0.05, 0) is 18.2 Å². The molecule has 1 heterocycles. The largest absolute Gasteiger partial charge is 0.496 e. The first-order chi connectivity index (χ1) is 8.69. The van der Waals surface area contributed by atoms with Crippen LogP contribution in [-0.4, -0.2) is 20.5 Å². The fraction of sp³-hybridized carbons (Fsp3) is 0.154. The molecule has 0 saturated heterocycles. The maximum Gasteiger partial charge on any atom is 0.185 e. The number of furan rings is 1. The Morgan fingerprint density at radius 3 is 2.44 bits per heavy atom. The number of rotatable bonds is 4. The number of hydrogen-bond donors (Lipinski definition) is 0. The lowest BCUT2D eigenvalue weighted by Crippen LogP contribution is -1.91. The molecule has 0 bridgehead atoms. The smallest absolute Gasteiger partial charge is 0.185 e. The van der Waals surface area contributed by atoms with Crippen LogP contribution < -0.4 is 9.47 Å². The highest BCUT2D eigenvalue weighted by Crippen LogP contribution is 2.38. The number of benzene rings is 1. The van der Waals surface area contributed by atoms with Gasteiger partial charge in [0.1, 0.15) is 17.3 Å². The summed E-state index contributed by atoms with van der Waals surface area (Å²) in [5.41, 5.74) is 0.663. The first-order valence-corrected chi connectivity index (χ1v) is 5.54. The Balaban J connectivity index is 2.55. The van der Waals surface area contributed by atoms with Crippen molar-refractivity contribution >= 4 is 17.9 Å². The molecule has 0 spiro atoms. The van der Waals surface area contributed by atoms with E-state index >= 15 is 0 Å². The van der Waals surface area contributed by atoms with E-state index in [1.54, 1.807) is 24.3 Å². The maximum atomic E-state index is 10.6. The Kier molecular flexibility index (Phi) is 3.58. The van der Waals surface area contributed by atoms with Crippen LogP contribution in [0.1, 0.15) is 10.6 Å². The summed E-state index contributed by atoms with van der Waals surface area (Å²) >= 11 is 6.06. The van der Waals surface area contributed by atoms with Crippen LogP contribution in [0.15, 0.2) is 28.7 Å². The second-order valence-corrected chi connectivity index (χ2v) is 3.91. The molecule has 0 amide bonds. The second kappa shape index (κ2) is 5.14. The topological polar surface area (TPSA) is 48.7 Å². The third-order valence-electron chi connectivity index (χ3n) is 2.48. The van der Waals surface area contributed by atoms with E-state index in [0.29, 0.717) is 34.1 Å². The number of halogens is 1. The molecule has 0 N–H and O–H groups in total. The van der Waals surface area contributed by atoms with E-state index in [9.17, 15) is 4.79 Å². The van der Waals surface area contributed by atoms with Crippen molar-refractivity contribution < 1.29 is 18.7 Å². The molecule has 0 fully saturated rings. The van der Waals surface area contributed by atoms with Gasteiger partial charge in [-0.3, -0.25) is 4.79 Å². The van der Waals surface area contributed by atoms with Crippen LogP contribution in [0.5, 0.6) is 11.5 Å². The third-order valence-corrected chi connectivity index (χ3v) is 2.78. The summed E-state index contributed by atoms with van der Waals surface area (Å²) in [6.07, 6.45) is 0.640. The molecule has 5 heteroatoms. The molecule has 1 aromatic carbocycles. The van der Waals surface area contributed by atoms with E-state index in [4.69, 9.17) is 25.5 Å². The van der Waals surface area contributed by atoms with Crippen LogP contribution in [0.3, 0.4) is 0 Å². The fourth-order valence-corrected chi connectivity index (χ4v) is 1.85. The zero-order valence-corrected chi connectivity index (χ0v) is 10.7. The molecule has 0 radical (unpaired) electrons. The SMILES string of the molecule is COc1cc(OC)c(-c2ccc(C=O)o2)cc1Cl. The predicted molar refractivity (Wildman–Crippen MR) is 67.6 cm³/mol. The van der Waals surface area contributed by atoms with Crippen molar-refractivity contribution in [3.05, 3.63) is 35.0 Å². The van der Waals surface area contributed by atoms with Gasteiger partial charge < -0.3 is 13.9 Å². The quantitative estimate of drug-likeness (QED) is 0.796. The molecule has 0 aliphatic heterocycles. The summed E-state index contributed by atoms with van der Waals surface area (Å²) in [6, 6.07) is 6.61. The summed E-state index contributed by atoms with van der Waals surface area (Å²) in [5, 5.41) is 0.442. The van der Waals surface area contributed by atoms with Crippen molar-refractivity contribution in [2.45, 2.75) is 0 Å². The van der Waals surface area contributed by atoms with E-state index in [-0.39, 0.29) is 5.76 Å². The van der Waals surface area contributed by atoms with E-state index in [1.807, 2.05) is 0 Å². The van der Waals surface area contributed by atoms with Crippen LogP contribution in [0.2, 0.25) is 5.02 Å². The average Bonchev–Trinajstić information content (AvgIpc) is 2.87. The molecule has 1 aromatic heterocycles. The van der Waals surface area contributed by atoms with Crippen LogP contribution in [0.4, 0.5) is 0 Å². The van der Waals surface area contributed by atoms with Crippen LogP contribution >= 0.6 is 11.6 Å². The molecular weight excluding hydrogens is 256 g/mol. The second-order valence-electron chi connectivity index (χ2n) is 3.51. The lowest BCUT2D eigenvalue weighted by molar-refractivity contribution is 0.110. The summed E-state index contributed by atoms with van der Waals surface area (Å²) in [7, 11) is 3.06. The van der Waals surface area contributed by atoms with Crippen molar-refractivity contribution in [1.29, 1.82) is 0 Å². The van der Waals surface area contributed by atoms with Gasteiger partial charge in [0.05, 0.1) is 24.8 Å². The number of carbonyl (C=O) groups is 1. The van der Waals surface area contributed by atoms with Gasteiger partial charge in [0.25, 0.3) is 0 Å². The van der Waals surface area contributed by atoms with Crippen molar-refractivity contribution in [2.24, 2.45) is 0 Å². The number of methoxy groups -OCH3 is 2. The molecule has 2 rings (SSSR count). The van der Waals surface area contributed by atoms with Crippen molar-refractivity contribution in [1.82, 2.24) is 0 Å². The molecule has 0 aliphatic carbocycles. The monoisotopic (exact) mass is 266 g/mol. The van der Waals surface area contributed by atoms with Gasteiger partial charge in [-0.25, -0.2) is 0 Å². The molecule has 2 aromatic rings. The van der Waals surface area contributed by atoms with E-state index < -0.39 is 0 Å². The number of hydrogen-bond acceptors (Lipinski definition) is 4.